The highest BCUT2D eigenvalue weighted by molar-refractivity contribution is 7.80. The normalized spacial score (nSPS) is 17.3. The second-order valence-corrected chi connectivity index (χ2v) is 5.10. The standard InChI is InChI=1S/C16H16N2S/c19-16-17-15-9-5-4-8-14(15)12-18(16)11-10-13-6-2-1-3-7-13/h1-9,12,16,19H,10-11H2. The molecule has 2 nitrogen and oxygen atoms in total. The van der Waals surface area contributed by atoms with Crippen molar-refractivity contribution in [3.63, 3.8) is 0 Å². The zero-order valence-corrected chi connectivity index (χ0v) is 11.5. The summed E-state index contributed by atoms with van der Waals surface area (Å²) in [6.45, 7) is 0.927. The van der Waals surface area contributed by atoms with Crippen LogP contribution in [0.4, 0.5) is 0 Å². The minimum Gasteiger partial charge on any atom is -0.347 e. The number of hydrogen-bond acceptors (Lipinski definition) is 3. The first-order valence-corrected chi connectivity index (χ1v) is 6.97. The number of nitrogens with zero attached hydrogens (tertiary/aromatic N) is 2. The first kappa shape index (κ1) is 12.3. The molecule has 1 atom stereocenters. The van der Waals surface area contributed by atoms with Crippen LogP contribution in [-0.2, 0) is 6.42 Å². The number of para-hydroxylation sites is 1. The van der Waals surface area contributed by atoms with Gasteiger partial charge in [0, 0.05) is 18.0 Å². The van der Waals surface area contributed by atoms with Crippen LogP contribution in [0.15, 0.2) is 59.6 Å². The van der Waals surface area contributed by atoms with Crippen molar-refractivity contribution in [1.82, 2.24) is 4.90 Å². The zero-order valence-electron chi connectivity index (χ0n) is 10.6. The van der Waals surface area contributed by atoms with E-state index in [-0.39, 0.29) is 5.50 Å². The lowest BCUT2D eigenvalue weighted by Gasteiger charge is -2.26. The van der Waals surface area contributed by atoms with Crippen LogP contribution in [-0.4, -0.2) is 16.9 Å². The van der Waals surface area contributed by atoms with E-state index < -0.39 is 0 Å². The Morgan fingerprint density at radius 1 is 1.00 bits per heavy atom. The van der Waals surface area contributed by atoms with Crippen molar-refractivity contribution < 1.29 is 0 Å². The lowest BCUT2D eigenvalue weighted by atomic mass is 10.1. The van der Waals surface area contributed by atoms with Gasteiger partial charge in [0.25, 0.3) is 0 Å². The third-order valence-corrected chi connectivity index (χ3v) is 3.71. The van der Waals surface area contributed by atoms with E-state index in [2.05, 4.69) is 59.1 Å². The Morgan fingerprint density at radius 3 is 2.58 bits per heavy atom. The smallest absolute Gasteiger partial charge is 0.166 e. The SMILES string of the molecule is SC1N=c2ccccc2=CN1CCc1ccccc1. The number of benzene rings is 2. The molecule has 0 aromatic heterocycles. The highest BCUT2D eigenvalue weighted by Gasteiger charge is 2.12. The van der Waals surface area contributed by atoms with Gasteiger partial charge in [0.1, 0.15) is 0 Å². The summed E-state index contributed by atoms with van der Waals surface area (Å²) in [4.78, 5) is 6.78. The molecule has 96 valence electrons. The summed E-state index contributed by atoms with van der Waals surface area (Å²) in [5.41, 5.74) is 1.26. The summed E-state index contributed by atoms with van der Waals surface area (Å²) in [5, 5.41) is 2.19. The zero-order chi connectivity index (χ0) is 13.1. The van der Waals surface area contributed by atoms with Crippen LogP contribution in [0.25, 0.3) is 6.20 Å². The molecule has 0 amide bonds. The minimum atomic E-state index is -0.0846. The predicted molar refractivity (Wildman–Crippen MR) is 81.3 cm³/mol. The van der Waals surface area contributed by atoms with Crippen LogP contribution >= 0.6 is 12.6 Å². The van der Waals surface area contributed by atoms with Gasteiger partial charge in [-0.05, 0) is 18.1 Å². The number of hydrogen-bond donors (Lipinski definition) is 1. The molecule has 0 saturated heterocycles. The van der Waals surface area contributed by atoms with Crippen LogP contribution in [0.5, 0.6) is 0 Å². The molecule has 0 aliphatic carbocycles. The van der Waals surface area contributed by atoms with E-state index in [1.54, 1.807) is 0 Å². The first-order valence-electron chi connectivity index (χ1n) is 6.45. The molecule has 1 aliphatic rings. The molecule has 0 N–H and O–H groups in total. The van der Waals surface area contributed by atoms with Crippen LogP contribution < -0.4 is 10.6 Å². The van der Waals surface area contributed by atoms with Gasteiger partial charge in [-0.1, -0.05) is 48.5 Å². The van der Waals surface area contributed by atoms with E-state index in [1.165, 1.54) is 10.8 Å². The van der Waals surface area contributed by atoms with Gasteiger partial charge in [-0.25, -0.2) is 4.99 Å². The molecule has 0 radical (unpaired) electrons. The van der Waals surface area contributed by atoms with Crippen molar-refractivity contribution in [1.29, 1.82) is 0 Å². The molecule has 2 aromatic rings. The van der Waals surface area contributed by atoms with Crippen molar-refractivity contribution in [2.24, 2.45) is 4.99 Å². The maximum atomic E-state index is 4.60. The molecule has 1 unspecified atom stereocenters. The van der Waals surface area contributed by atoms with Gasteiger partial charge in [0.2, 0.25) is 0 Å². The maximum Gasteiger partial charge on any atom is 0.166 e. The topological polar surface area (TPSA) is 15.6 Å². The second-order valence-electron chi connectivity index (χ2n) is 4.64. The van der Waals surface area contributed by atoms with Crippen LogP contribution in [0, 0.1) is 0 Å². The molecule has 2 aromatic carbocycles. The Labute approximate surface area is 118 Å². The van der Waals surface area contributed by atoms with Gasteiger partial charge < -0.3 is 4.90 Å². The minimum absolute atomic E-state index is 0.0846. The average Bonchev–Trinajstić information content (AvgIpc) is 2.46. The van der Waals surface area contributed by atoms with Crippen molar-refractivity contribution in [3.8, 4) is 0 Å². The second kappa shape index (κ2) is 5.49. The molecule has 19 heavy (non-hydrogen) atoms. The van der Waals surface area contributed by atoms with E-state index >= 15 is 0 Å². The monoisotopic (exact) mass is 268 g/mol. The summed E-state index contributed by atoms with van der Waals surface area (Å²) in [7, 11) is 0. The van der Waals surface area contributed by atoms with Crippen molar-refractivity contribution in [2.45, 2.75) is 11.9 Å². The molecule has 1 aliphatic heterocycles. The largest absolute Gasteiger partial charge is 0.347 e. The molecule has 0 fully saturated rings. The molecule has 1 heterocycles. The van der Waals surface area contributed by atoms with E-state index in [0.717, 1.165) is 18.3 Å². The molecule has 0 spiro atoms. The fourth-order valence-corrected chi connectivity index (χ4v) is 2.55. The Hall–Kier alpha value is -1.74. The quantitative estimate of drug-likeness (QED) is 0.840. The third-order valence-electron chi connectivity index (χ3n) is 3.29. The Morgan fingerprint density at radius 2 is 1.74 bits per heavy atom. The molecule has 3 heteroatoms. The van der Waals surface area contributed by atoms with Crippen LogP contribution in [0.3, 0.4) is 0 Å². The van der Waals surface area contributed by atoms with E-state index in [1.807, 2.05) is 24.3 Å². The number of fused-ring (bicyclic) bond motifs is 1. The van der Waals surface area contributed by atoms with Crippen LogP contribution in [0.2, 0.25) is 0 Å². The molecular weight excluding hydrogens is 252 g/mol. The lowest BCUT2D eigenvalue weighted by Crippen LogP contribution is -2.40. The fraction of sp³-hybridized carbons (Fsp3) is 0.188. The maximum absolute atomic E-state index is 4.60. The van der Waals surface area contributed by atoms with Crippen LogP contribution in [0.1, 0.15) is 5.56 Å². The van der Waals surface area contributed by atoms with Crippen molar-refractivity contribution in [2.75, 3.05) is 6.54 Å². The van der Waals surface area contributed by atoms with E-state index in [9.17, 15) is 0 Å². The Balaban J connectivity index is 1.78. The summed E-state index contributed by atoms with van der Waals surface area (Å²) in [6.07, 6.45) is 3.16. The molecule has 0 saturated carbocycles. The van der Waals surface area contributed by atoms with Crippen molar-refractivity contribution in [3.05, 3.63) is 70.7 Å². The summed E-state index contributed by atoms with van der Waals surface area (Å²) in [5.74, 6) is 0. The summed E-state index contributed by atoms with van der Waals surface area (Å²) >= 11 is 4.56. The third kappa shape index (κ3) is 2.82. The van der Waals surface area contributed by atoms with Gasteiger partial charge in [-0.15, -0.1) is 12.6 Å². The van der Waals surface area contributed by atoms with E-state index in [4.69, 9.17) is 0 Å². The highest BCUT2D eigenvalue weighted by atomic mass is 32.1. The number of rotatable bonds is 3. The van der Waals surface area contributed by atoms with Gasteiger partial charge in [0.05, 0.1) is 5.36 Å². The Kier molecular flexibility index (Phi) is 3.56. The van der Waals surface area contributed by atoms with Crippen molar-refractivity contribution >= 4 is 18.8 Å². The predicted octanol–water partition coefficient (Wildman–Crippen LogP) is 1.82. The lowest BCUT2D eigenvalue weighted by molar-refractivity contribution is 0.389. The Bertz CT molecular complexity index is 667. The van der Waals surface area contributed by atoms with Gasteiger partial charge in [-0.2, -0.15) is 0 Å². The van der Waals surface area contributed by atoms with Gasteiger partial charge >= 0.3 is 0 Å². The number of thiol groups is 1. The summed E-state index contributed by atoms with van der Waals surface area (Å²) in [6, 6.07) is 18.7. The fourth-order valence-electron chi connectivity index (χ4n) is 2.24. The average molecular weight is 268 g/mol. The molecule has 0 bridgehead atoms. The van der Waals surface area contributed by atoms with Gasteiger partial charge in [-0.3, -0.25) is 0 Å². The van der Waals surface area contributed by atoms with E-state index in [0.29, 0.717) is 0 Å². The summed E-state index contributed by atoms with van der Waals surface area (Å²) < 4.78 is 0. The highest BCUT2D eigenvalue weighted by Crippen LogP contribution is 2.10. The first-order chi connectivity index (χ1) is 9.33. The molecule has 3 rings (SSSR count). The molecular formula is C16H16N2S. The van der Waals surface area contributed by atoms with Gasteiger partial charge in [0.15, 0.2) is 5.50 Å².